The van der Waals surface area contributed by atoms with Gasteiger partial charge in [-0.25, -0.2) is 9.18 Å². The van der Waals surface area contributed by atoms with Crippen molar-refractivity contribution < 1.29 is 14.3 Å². The van der Waals surface area contributed by atoms with E-state index >= 15 is 0 Å². The number of fused-ring (bicyclic) bond motifs is 1. The van der Waals surface area contributed by atoms with Crippen molar-refractivity contribution in [2.24, 2.45) is 0 Å². The number of thiophene rings is 1. The van der Waals surface area contributed by atoms with Crippen molar-refractivity contribution in [2.75, 3.05) is 0 Å². The van der Waals surface area contributed by atoms with Crippen molar-refractivity contribution in [3.63, 3.8) is 0 Å². The quantitative estimate of drug-likeness (QED) is 0.796. The van der Waals surface area contributed by atoms with Gasteiger partial charge in [0.15, 0.2) is 0 Å². The Morgan fingerprint density at radius 2 is 2.24 bits per heavy atom. The van der Waals surface area contributed by atoms with Crippen LogP contribution in [0.5, 0.6) is 0 Å². The lowest BCUT2D eigenvalue weighted by atomic mass is 10.1. The summed E-state index contributed by atoms with van der Waals surface area (Å²) in [6.45, 7) is 4.59. The Hall–Kier alpha value is -1.46. The van der Waals surface area contributed by atoms with Gasteiger partial charge in [0.1, 0.15) is 10.7 Å². The molecule has 2 N–H and O–H groups in total. The lowest BCUT2D eigenvalue weighted by molar-refractivity contribution is 0.0701. The lowest BCUT2D eigenvalue weighted by Crippen LogP contribution is -2.26. The number of hydrogen-bond acceptors (Lipinski definition) is 3. The average Bonchev–Trinajstić information content (AvgIpc) is 2.83. The maximum atomic E-state index is 14.0. The Kier molecular flexibility index (Phi) is 5.31. The number of unbranched alkanes of at least 4 members (excludes halogenated alkanes) is 1. The molecule has 1 atom stereocenters. The molecular formula is C16H20FNO2S. The van der Waals surface area contributed by atoms with Crippen molar-refractivity contribution in [3.05, 3.63) is 34.5 Å². The van der Waals surface area contributed by atoms with E-state index in [0.717, 1.165) is 30.6 Å². The molecule has 0 bridgehead atoms. The first-order chi connectivity index (χ1) is 10.0. The summed E-state index contributed by atoms with van der Waals surface area (Å²) in [5.74, 6) is -1.34. The Balaban J connectivity index is 2.28. The Labute approximate surface area is 127 Å². The molecule has 2 rings (SSSR count). The van der Waals surface area contributed by atoms with Crippen LogP contribution in [0.15, 0.2) is 18.2 Å². The second-order valence-corrected chi connectivity index (χ2v) is 6.30. The molecule has 0 radical (unpaired) electrons. The van der Waals surface area contributed by atoms with Crippen LogP contribution in [0.1, 0.15) is 48.3 Å². The average molecular weight is 309 g/mol. The van der Waals surface area contributed by atoms with Gasteiger partial charge in [-0.1, -0.05) is 25.8 Å². The first-order valence-corrected chi connectivity index (χ1v) is 8.02. The third-order valence-corrected chi connectivity index (χ3v) is 4.76. The normalized spacial score (nSPS) is 12.7. The summed E-state index contributed by atoms with van der Waals surface area (Å²) < 4.78 is 14.7. The van der Waals surface area contributed by atoms with Crippen molar-refractivity contribution >= 4 is 27.4 Å². The number of carbonyl (C=O) groups is 1. The molecule has 5 heteroatoms. The van der Waals surface area contributed by atoms with Crippen LogP contribution in [-0.4, -0.2) is 17.1 Å². The topological polar surface area (TPSA) is 49.3 Å². The molecule has 0 aliphatic heterocycles. The van der Waals surface area contributed by atoms with E-state index in [2.05, 4.69) is 19.2 Å². The molecule has 1 aromatic carbocycles. The number of hydrogen-bond donors (Lipinski definition) is 2. The zero-order valence-corrected chi connectivity index (χ0v) is 13.1. The van der Waals surface area contributed by atoms with E-state index in [-0.39, 0.29) is 16.7 Å². The van der Waals surface area contributed by atoms with Crippen LogP contribution in [0.25, 0.3) is 10.1 Å². The van der Waals surface area contributed by atoms with Crippen LogP contribution in [0.3, 0.4) is 0 Å². The highest BCUT2D eigenvalue weighted by atomic mass is 32.1. The number of benzene rings is 1. The molecule has 3 nitrogen and oxygen atoms in total. The summed E-state index contributed by atoms with van der Waals surface area (Å²) in [4.78, 5) is 11.6. The number of rotatable bonds is 7. The smallest absolute Gasteiger partial charge is 0.346 e. The second-order valence-electron chi connectivity index (χ2n) is 5.25. The Morgan fingerprint density at radius 3 is 2.90 bits per heavy atom. The highest BCUT2D eigenvalue weighted by Crippen LogP contribution is 2.33. The molecule has 1 aromatic heterocycles. The molecule has 0 spiro atoms. The number of carboxylic acid groups (broad SMARTS) is 1. The van der Waals surface area contributed by atoms with Gasteiger partial charge in [0.25, 0.3) is 0 Å². The highest BCUT2D eigenvalue weighted by molar-refractivity contribution is 7.21. The van der Waals surface area contributed by atoms with Crippen LogP contribution in [0.2, 0.25) is 0 Å². The summed E-state index contributed by atoms with van der Waals surface area (Å²) in [6, 6.07) is 5.04. The predicted molar refractivity (Wildman–Crippen MR) is 84.6 cm³/mol. The minimum absolute atomic E-state index is 0.227. The zero-order chi connectivity index (χ0) is 15.4. The molecule has 0 aliphatic carbocycles. The van der Waals surface area contributed by atoms with Crippen molar-refractivity contribution in [1.82, 2.24) is 5.32 Å². The summed E-state index contributed by atoms with van der Waals surface area (Å²) in [5, 5.41) is 13.1. The molecule has 1 heterocycles. The van der Waals surface area contributed by atoms with E-state index in [4.69, 9.17) is 0 Å². The first-order valence-electron chi connectivity index (χ1n) is 7.21. The summed E-state index contributed by atoms with van der Waals surface area (Å²) >= 11 is 1.14. The fourth-order valence-corrected chi connectivity index (χ4v) is 3.47. The summed E-state index contributed by atoms with van der Waals surface area (Å²) in [7, 11) is 0. The van der Waals surface area contributed by atoms with Crippen LogP contribution >= 0.6 is 11.3 Å². The van der Waals surface area contributed by atoms with Gasteiger partial charge in [0, 0.05) is 28.2 Å². The molecule has 1 unspecified atom stereocenters. The summed E-state index contributed by atoms with van der Waals surface area (Å²) in [6.07, 6.45) is 3.28. The van der Waals surface area contributed by atoms with E-state index in [0.29, 0.717) is 22.2 Å². The van der Waals surface area contributed by atoms with Crippen molar-refractivity contribution in [2.45, 2.75) is 45.7 Å². The molecule has 114 valence electrons. The van der Waals surface area contributed by atoms with Gasteiger partial charge in [-0.3, -0.25) is 0 Å². The molecule has 21 heavy (non-hydrogen) atoms. The van der Waals surface area contributed by atoms with Gasteiger partial charge in [-0.05, 0) is 25.5 Å². The first kappa shape index (κ1) is 15.9. The monoisotopic (exact) mass is 309 g/mol. The third kappa shape index (κ3) is 3.60. The second kappa shape index (κ2) is 7.00. The fraction of sp³-hybridized carbons (Fsp3) is 0.438. The van der Waals surface area contributed by atoms with E-state index < -0.39 is 5.97 Å². The number of nitrogens with one attached hydrogen (secondary N) is 1. The van der Waals surface area contributed by atoms with Crippen molar-refractivity contribution in [3.8, 4) is 0 Å². The summed E-state index contributed by atoms with van der Waals surface area (Å²) in [5.41, 5.74) is 0.559. The number of aromatic carboxylic acids is 1. The molecular weight excluding hydrogens is 289 g/mol. The van der Waals surface area contributed by atoms with Gasteiger partial charge < -0.3 is 10.4 Å². The number of halogens is 1. The zero-order valence-electron chi connectivity index (χ0n) is 12.3. The van der Waals surface area contributed by atoms with Gasteiger partial charge in [-0.2, -0.15) is 0 Å². The molecule has 0 amide bonds. The lowest BCUT2D eigenvalue weighted by Gasteiger charge is -2.13. The standard InChI is InChI=1S/C16H20FNO2S/c1-3-4-6-10(2)18-9-11-14-12(17)7-5-8-13(14)21-15(11)16(19)20/h5,7-8,10,18H,3-4,6,9H2,1-2H3,(H,19,20). The molecule has 2 aromatic rings. The van der Waals surface area contributed by atoms with E-state index in [1.54, 1.807) is 12.1 Å². The van der Waals surface area contributed by atoms with E-state index in [9.17, 15) is 14.3 Å². The molecule has 0 fully saturated rings. The largest absolute Gasteiger partial charge is 0.477 e. The van der Waals surface area contributed by atoms with Crippen LogP contribution in [-0.2, 0) is 6.54 Å². The van der Waals surface area contributed by atoms with Crippen LogP contribution < -0.4 is 5.32 Å². The van der Waals surface area contributed by atoms with Gasteiger partial charge in [0.05, 0.1) is 0 Å². The predicted octanol–water partition coefficient (Wildman–Crippen LogP) is 4.41. The highest BCUT2D eigenvalue weighted by Gasteiger charge is 2.20. The minimum atomic E-state index is -0.992. The molecule has 0 saturated carbocycles. The fourth-order valence-electron chi connectivity index (χ4n) is 2.40. The maximum absolute atomic E-state index is 14.0. The Morgan fingerprint density at radius 1 is 1.48 bits per heavy atom. The van der Waals surface area contributed by atoms with Crippen LogP contribution in [0.4, 0.5) is 4.39 Å². The van der Waals surface area contributed by atoms with E-state index in [1.165, 1.54) is 6.07 Å². The Bertz CT molecular complexity index is 638. The SMILES string of the molecule is CCCCC(C)NCc1c(C(=O)O)sc2cccc(F)c12. The third-order valence-electron chi connectivity index (χ3n) is 3.58. The van der Waals surface area contributed by atoms with Gasteiger partial charge in [0.2, 0.25) is 0 Å². The van der Waals surface area contributed by atoms with Crippen LogP contribution in [0, 0.1) is 5.82 Å². The minimum Gasteiger partial charge on any atom is -0.477 e. The van der Waals surface area contributed by atoms with Gasteiger partial charge >= 0.3 is 5.97 Å². The number of carboxylic acids is 1. The van der Waals surface area contributed by atoms with Crippen molar-refractivity contribution in [1.29, 1.82) is 0 Å². The molecule has 0 saturated heterocycles. The molecule has 0 aliphatic rings. The van der Waals surface area contributed by atoms with Gasteiger partial charge in [-0.15, -0.1) is 11.3 Å². The maximum Gasteiger partial charge on any atom is 0.346 e. The van der Waals surface area contributed by atoms with E-state index in [1.807, 2.05) is 0 Å².